The van der Waals surface area contributed by atoms with Crippen LogP contribution in [0.25, 0.3) is 0 Å². The summed E-state index contributed by atoms with van der Waals surface area (Å²) < 4.78 is 5.12. The Bertz CT molecular complexity index is 502. The predicted octanol–water partition coefficient (Wildman–Crippen LogP) is 2.57. The molecule has 0 aliphatic heterocycles. The van der Waals surface area contributed by atoms with Crippen molar-refractivity contribution in [2.75, 3.05) is 12.8 Å². The van der Waals surface area contributed by atoms with E-state index in [1.807, 2.05) is 5.38 Å². The molecule has 0 aliphatic rings. The molecule has 82 valence electrons. The molecule has 0 amide bonds. The van der Waals surface area contributed by atoms with Crippen molar-refractivity contribution < 1.29 is 9.53 Å². The lowest BCUT2D eigenvalue weighted by molar-refractivity contribution is 0.104. The van der Waals surface area contributed by atoms with E-state index in [0.717, 1.165) is 0 Å². The zero-order valence-electron chi connectivity index (χ0n) is 8.77. The first-order valence-electron chi connectivity index (χ1n) is 4.74. The molecule has 1 heterocycles. The minimum atomic E-state index is -0.0353. The summed E-state index contributed by atoms with van der Waals surface area (Å²) in [5, 5.41) is 1.84. The minimum Gasteiger partial charge on any atom is -0.495 e. The lowest BCUT2D eigenvalue weighted by Crippen LogP contribution is -2.00. The Morgan fingerprint density at radius 3 is 2.56 bits per heavy atom. The normalized spacial score (nSPS) is 10.1. The summed E-state index contributed by atoms with van der Waals surface area (Å²) >= 11 is 1.38. The Balaban J connectivity index is 2.35. The van der Waals surface area contributed by atoms with Gasteiger partial charge >= 0.3 is 0 Å². The third-order valence-corrected chi connectivity index (χ3v) is 3.12. The van der Waals surface area contributed by atoms with Crippen LogP contribution in [0.4, 0.5) is 5.69 Å². The number of nitrogens with two attached hydrogens (primary N) is 1. The van der Waals surface area contributed by atoms with Crippen LogP contribution in [0.15, 0.2) is 35.7 Å². The fourth-order valence-corrected chi connectivity index (χ4v) is 2.21. The third-order valence-electron chi connectivity index (χ3n) is 2.23. The molecule has 3 nitrogen and oxygen atoms in total. The molecule has 0 aliphatic carbocycles. The highest BCUT2D eigenvalue weighted by molar-refractivity contribution is 7.12. The SMILES string of the molecule is COc1ccsc1C(=O)c1ccc(N)cc1. The second-order valence-electron chi connectivity index (χ2n) is 3.27. The van der Waals surface area contributed by atoms with Crippen LogP contribution in [-0.4, -0.2) is 12.9 Å². The molecule has 0 fully saturated rings. The van der Waals surface area contributed by atoms with Gasteiger partial charge in [-0.05, 0) is 35.7 Å². The van der Waals surface area contributed by atoms with Gasteiger partial charge in [0.25, 0.3) is 0 Å². The van der Waals surface area contributed by atoms with Gasteiger partial charge in [0.15, 0.2) is 0 Å². The first kappa shape index (κ1) is 10.7. The number of nitrogen functional groups attached to an aromatic ring is 1. The minimum absolute atomic E-state index is 0.0353. The molecular weight excluding hydrogens is 222 g/mol. The van der Waals surface area contributed by atoms with Gasteiger partial charge < -0.3 is 10.5 Å². The lowest BCUT2D eigenvalue weighted by atomic mass is 10.1. The Morgan fingerprint density at radius 2 is 1.94 bits per heavy atom. The van der Waals surface area contributed by atoms with Crippen LogP contribution in [-0.2, 0) is 0 Å². The number of thiophene rings is 1. The van der Waals surface area contributed by atoms with Gasteiger partial charge in [0.1, 0.15) is 10.6 Å². The fourth-order valence-electron chi connectivity index (χ4n) is 1.39. The first-order chi connectivity index (χ1) is 7.72. The number of rotatable bonds is 3. The lowest BCUT2D eigenvalue weighted by Gasteiger charge is -2.02. The van der Waals surface area contributed by atoms with Gasteiger partial charge in [-0.15, -0.1) is 11.3 Å². The molecule has 2 rings (SSSR count). The second kappa shape index (κ2) is 4.37. The molecule has 1 aromatic carbocycles. The Morgan fingerprint density at radius 1 is 1.25 bits per heavy atom. The highest BCUT2D eigenvalue weighted by Gasteiger charge is 2.15. The summed E-state index contributed by atoms with van der Waals surface area (Å²) in [6, 6.07) is 8.66. The second-order valence-corrected chi connectivity index (χ2v) is 4.19. The average Bonchev–Trinajstić information content (AvgIpc) is 2.77. The summed E-state index contributed by atoms with van der Waals surface area (Å²) in [6.07, 6.45) is 0. The summed E-state index contributed by atoms with van der Waals surface area (Å²) in [5.74, 6) is 0.582. The van der Waals surface area contributed by atoms with Crippen LogP contribution < -0.4 is 10.5 Å². The van der Waals surface area contributed by atoms with Crippen LogP contribution in [0.1, 0.15) is 15.2 Å². The molecule has 0 radical (unpaired) electrons. The van der Waals surface area contributed by atoms with Gasteiger partial charge in [-0.1, -0.05) is 0 Å². The van der Waals surface area contributed by atoms with E-state index in [9.17, 15) is 4.79 Å². The maximum atomic E-state index is 12.1. The van der Waals surface area contributed by atoms with Crippen molar-refractivity contribution in [2.24, 2.45) is 0 Å². The fraction of sp³-hybridized carbons (Fsp3) is 0.0833. The quantitative estimate of drug-likeness (QED) is 0.654. The average molecular weight is 233 g/mol. The van der Waals surface area contributed by atoms with E-state index in [0.29, 0.717) is 21.9 Å². The monoisotopic (exact) mass is 233 g/mol. The molecule has 4 heteroatoms. The molecule has 0 atom stereocenters. The summed E-state index contributed by atoms with van der Waals surface area (Å²) in [5.41, 5.74) is 6.84. The van der Waals surface area contributed by atoms with Gasteiger partial charge in [-0.25, -0.2) is 0 Å². The van der Waals surface area contributed by atoms with E-state index in [4.69, 9.17) is 10.5 Å². The van der Waals surface area contributed by atoms with Crippen LogP contribution in [0.3, 0.4) is 0 Å². The molecule has 16 heavy (non-hydrogen) atoms. The number of hydrogen-bond acceptors (Lipinski definition) is 4. The highest BCUT2D eigenvalue weighted by Crippen LogP contribution is 2.27. The van der Waals surface area contributed by atoms with Crippen molar-refractivity contribution >= 4 is 22.8 Å². The van der Waals surface area contributed by atoms with Crippen LogP contribution in [0.5, 0.6) is 5.75 Å². The van der Waals surface area contributed by atoms with Gasteiger partial charge in [0, 0.05) is 11.3 Å². The summed E-state index contributed by atoms with van der Waals surface area (Å²) in [4.78, 5) is 12.7. The number of ketones is 1. The number of hydrogen-bond donors (Lipinski definition) is 1. The molecular formula is C12H11NO2S. The van der Waals surface area contributed by atoms with Crippen molar-refractivity contribution in [3.63, 3.8) is 0 Å². The van der Waals surface area contributed by atoms with Gasteiger partial charge in [-0.3, -0.25) is 4.79 Å². The molecule has 0 saturated heterocycles. The Hall–Kier alpha value is -1.81. The van der Waals surface area contributed by atoms with E-state index in [2.05, 4.69) is 0 Å². The first-order valence-corrected chi connectivity index (χ1v) is 5.62. The van der Waals surface area contributed by atoms with Gasteiger partial charge in [-0.2, -0.15) is 0 Å². The number of benzene rings is 1. The maximum Gasteiger partial charge on any atom is 0.206 e. The van der Waals surface area contributed by atoms with E-state index in [1.165, 1.54) is 11.3 Å². The zero-order chi connectivity index (χ0) is 11.5. The zero-order valence-corrected chi connectivity index (χ0v) is 9.58. The van der Waals surface area contributed by atoms with E-state index in [1.54, 1.807) is 37.4 Å². The van der Waals surface area contributed by atoms with Crippen molar-refractivity contribution in [3.8, 4) is 5.75 Å². The summed E-state index contributed by atoms with van der Waals surface area (Å²) in [7, 11) is 1.56. The molecule has 0 bridgehead atoms. The molecule has 0 unspecified atom stereocenters. The highest BCUT2D eigenvalue weighted by atomic mass is 32.1. The number of methoxy groups -OCH3 is 1. The number of anilines is 1. The molecule has 2 N–H and O–H groups in total. The van der Waals surface area contributed by atoms with Gasteiger partial charge in [0.2, 0.25) is 5.78 Å². The molecule has 1 aromatic heterocycles. The van der Waals surface area contributed by atoms with Gasteiger partial charge in [0.05, 0.1) is 7.11 Å². The van der Waals surface area contributed by atoms with Crippen LogP contribution in [0.2, 0.25) is 0 Å². The molecule has 2 aromatic rings. The topological polar surface area (TPSA) is 52.3 Å². The standard InChI is InChI=1S/C12H11NO2S/c1-15-10-6-7-16-12(10)11(14)8-2-4-9(13)5-3-8/h2-7H,13H2,1H3. The number of ether oxygens (including phenoxy) is 1. The van der Waals surface area contributed by atoms with E-state index < -0.39 is 0 Å². The predicted molar refractivity (Wildman–Crippen MR) is 65.2 cm³/mol. The van der Waals surface area contributed by atoms with Crippen molar-refractivity contribution in [1.29, 1.82) is 0 Å². The number of carbonyl (C=O) groups excluding carboxylic acids is 1. The molecule has 0 spiro atoms. The third kappa shape index (κ3) is 1.92. The van der Waals surface area contributed by atoms with Crippen molar-refractivity contribution in [3.05, 3.63) is 46.2 Å². The van der Waals surface area contributed by atoms with Crippen LogP contribution in [0, 0.1) is 0 Å². The summed E-state index contributed by atoms with van der Waals surface area (Å²) in [6.45, 7) is 0. The van der Waals surface area contributed by atoms with Crippen LogP contribution >= 0.6 is 11.3 Å². The van der Waals surface area contributed by atoms with E-state index >= 15 is 0 Å². The Kier molecular flexibility index (Phi) is 2.92. The smallest absolute Gasteiger partial charge is 0.206 e. The van der Waals surface area contributed by atoms with Crippen molar-refractivity contribution in [1.82, 2.24) is 0 Å². The van der Waals surface area contributed by atoms with Crippen molar-refractivity contribution in [2.45, 2.75) is 0 Å². The maximum absolute atomic E-state index is 12.1. The van der Waals surface area contributed by atoms with E-state index in [-0.39, 0.29) is 5.78 Å². The largest absolute Gasteiger partial charge is 0.495 e. The Labute approximate surface area is 97.5 Å². The number of carbonyl (C=O) groups is 1. The molecule has 0 saturated carbocycles.